The van der Waals surface area contributed by atoms with Crippen molar-refractivity contribution in [3.63, 3.8) is 0 Å². The molecular weight excluding hydrogens is 413 g/mol. The maximum atomic E-state index is 13.1. The van der Waals surface area contributed by atoms with Crippen LogP contribution in [0, 0.1) is 5.92 Å². The van der Waals surface area contributed by atoms with Crippen LogP contribution in [0.15, 0.2) is 9.67 Å². The molecule has 2 nitrogen and oxygen atoms in total. The van der Waals surface area contributed by atoms with Crippen molar-refractivity contribution in [2.24, 2.45) is 5.92 Å². The monoisotopic (exact) mass is 457 g/mol. The van der Waals surface area contributed by atoms with Gasteiger partial charge in [0.2, 0.25) is 0 Å². The van der Waals surface area contributed by atoms with Crippen molar-refractivity contribution in [1.82, 2.24) is 4.90 Å². The van der Waals surface area contributed by atoms with Gasteiger partial charge in [-0.3, -0.25) is 0 Å². The third-order valence-electron chi connectivity index (χ3n) is 5.59. The average Bonchev–Trinajstić information content (AvgIpc) is 2.59. The van der Waals surface area contributed by atoms with E-state index in [1.165, 1.54) is 63.8 Å². The molecule has 0 radical (unpaired) electrons. The van der Waals surface area contributed by atoms with Gasteiger partial charge in [-0.15, -0.1) is 0 Å². The fraction of sp³-hybridized carbons (Fsp3) is 0.864. The molecule has 1 fully saturated rings. The van der Waals surface area contributed by atoms with Crippen LogP contribution in [0.5, 0.6) is 0 Å². The van der Waals surface area contributed by atoms with Crippen LogP contribution in [0.4, 0.5) is 0 Å². The quantitative estimate of drug-likeness (QED) is 0.240. The minimum absolute atomic E-state index is 0.380. The van der Waals surface area contributed by atoms with Crippen molar-refractivity contribution >= 4 is 24.3 Å². The van der Waals surface area contributed by atoms with E-state index in [9.17, 15) is 4.79 Å². The minimum atomic E-state index is -2.35. The van der Waals surface area contributed by atoms with Crippen LogP contribution >= 0.6 is 0 Å². The Morgan fingerprint density at radius 2 is 1.52 bits per heavy atom. The molecule has 0 N–H and O–H groups in total. The number of amides is 1. The van der Waals surface area contributed by atoms with Gasteiger partial charge in [-0.05, 0) is 0 Å². The zero-order valence-electron chi connectivity index (χ0n) is 17.7. The third-order valence-corrected chi connectivity index (χ3v) is 19.9. The SMILES string of the molecule is CCC[CH2][Sn](/[CH]=C1/CCCN(CC(C)C)C1=O)([CH2]CCC)[CH2]CCC. The standard InChI is InChI=1S/C10H16NO.3C4H9.Sn/c1-8(2)7-11-6-4-5-9(3)10(11)12;3*1-3-4-2;/h3,8H,4-7H2,1-2H3;3*1,3-4H2,2H3;. The summed E-state index contributed by atoms with van der Waals surface area (Å²) in [6.45, 7) is 13.3. The van der Waals surface area contributed by atoms with Crippen LogP contribution in [-0.4, -0.2) is 42.3 Å². The first kappa shape index (κ1) is 23.0. The molecule has 0 bridgehead atoms. The van der Waals surface area contributed by atoms with Crippen LogP contribution in [0.25, 0.3) is 0 Å². The van der Waals surface area contributed by atoms with Gasteiger partial charge in [-0.1, -0.05) is 0 Å². The predicted octanol–water partition coefficient (Wildman–Crippen LogP) is 6.58. The number of hydrogen-bond acceptors (Lipinski definition) is 1. The molecule has 1 amide bonds. The van der Waals surface area contributed by atoms with Crippen molar-refractivity contribution in [2.75, 3.05) is 13.1 Å². The second kappa shape index (κ2) is 12.4. The number of unbranched alkanes of at least 4 members (excludes halogenated alkanes) is 3. The second-order valence-electron chi connectivity index (χ2n) is 8.59. The van der Waals surface area contributed by atoms with E-state index in [0.29, 0.717) is 11.8 Å². The van der Waals surface area contributed by atoms with E-state index in [-0.39, 0.29) is 0 Å². The molecule has 0 aromatic rings. The molecule has 0 aromatic heterocycles. The number of piperidine rings is 1. The number of carbonyl (C=O) groups excluding carboxylic acids is 1. The number of nitrogens with zero attached hydrogens (tertiary/aromatic N) is 1. The molecule has 1 heterocycles. The van der Waals surface area contributed by atoms with Crippen molar-refractivity contribution < 1.29 is 4.79 Å². The summed E-state index contributed by atoms with van der Waals surface area (Å²) in [5, 5.41) is 0. The molecule has 25 heavy (non-hydrogen) atoms. The topological polar surface area (TPSA) is 20.3 Å². The van der Waals surface area contributed by atoms with E-state index in [4.69, 9.17) is 0 Å². The van der Waals surface area contributed by atoms with Crippen molar-refractivity contribution in [3.05, 3.63) is 9.67 Å². The van der Waals surface area contributed by atoms with E-state index in [2.05, 4.69) is 43.6 Å². The first-order valence-corrected chi connectivity index (χ1v) is 18.7. The Bertz CT molecular complexity index is 394. The summed E-state index contributed by atoms with van der Waals surface area (Å²) in [6.07, 6.45) is 10.2. The molecule has 0 aliphatic carbocycles. The summed E-state index contributed by atoms with van der Waals surface area (Å²) in [5.74, 6) is 0.947. The first-order valence-electron chi connectivity index (χ1n) is 11.0. The first-order chi connectivity index (χ1) is 12.0. The van der Waals surface area contributed by atoms with E-state index in [0.717, 1.165) is 19.5 Å². The van der Waals surface area contributed by atoms with Gasteiger partial charge in [0, 0.05) is 0 Å². The third kappa shape index (κ3) is 8.05. The zero-order valence-corrected chi connectivity index (χ0v) is 20.6. The number of carbonyl (C=O) groups is 1. The molecule has 0 unspecified atom stereocenters. The van der Waals surface area contributed by atoms with Crippen LogP contribution in [0.1, 0.15) is 86.0 Å². The Kier molecular flexibility index (Phi) is 11.4. The van der Waals surface area contributed by atoms with Gasteiger partial charge in [-0.2, -0.15) is 0 Å². The van der Waals surface area contributed by atoms with Gasteiger partial charge in [0.15, 0.2) is 0 Å². The van der Waals surface area contributed by atoms with Crippen molar-refractivity contribution in [2.45, 2.75) is 99.3 Å². The zero-order chi connectivity index (χ0) is 18.7. The predicted molar refractivity (Wildman–Crippen MR) is 114 cm³/mol. The summed E-state index contributed by atoms with van der Waals surface area (Å²) < 4.78 is 7.06. The summed E-state index contributed by atoms with van der Waals surface area (Å²) in [6, 6.07) is 0. The van der Waals surface area contributed by atoms with Gasteiger partial charge in [0.05, 0.1) is 0 Å². The normalized spacial score (nSPS) is 17.8. The molecule has 0 atom stereocenters. The molecule has 1 saturated heterocycles. The van der Waals surface area contributed by atoms with E-state index >= 15 is 0 Å². The molecule has 0 spiro atoms. The van der Waals surface area contributed by atoms with Crippen LogP contribution in [-0.2, 0) is 4.79 Å². The Hall–Kier alpha value is 0.00870. The van der Waals surface area contributed by atoms with Crippen LogP contribution in [0.2, 0.25) is 13.3 Å². The number of likely N-dealkylation sites (tertiary alicyclic amines) is 1. The molecule has 1 aliphatic rings. The van der Waals surface area contributed by atoms with Crippen LogP contribution < -0.4 is 0 Å². The van der Waals surface area contributed by atoms with Crippen LogP contribution in [0.3, 0.4) is 0 Å². The Morgan fingerprint density at radius 3 is 1.96 bits per heavy atom. The summed E-state index contributed by atoms with van der Waals surface area (Å²) in [7, 11) is 0. The van der Waals surface area contributed by atoms with Crippen molar-refractivity contribution in [3.8, 4) is 0 Å². The molecule has 0 aromatic carbocycles. The average molecular weight is 456 g/mol. The summed E-state index contributed by atoms with van der Waals surface area (Å²) in [4.78, 5) is 15.2. The Morgan fingerprint density at radius 1 is 1.00 bits per heavy atom. The molecule has 1 rings (SSSR count). The summed E-state index contributed by atoms with van der Waals surface area (Å²) in [5.41, 5.74) is 1.21. The molecular formula is C22H43NOSn. The second-order valence-corrected chi connectivity index (χ2v) is 21.5. The Labute approximate surface area is 161 Å². The van der Waals surface area contributed by atoms with E-state index < -0.39 is 18.4 Å². The van der Waals surface area contributed by atoms with Gasteiger partial charge >= 0.3 is 162 Å². The Balaban J connectivity index is 3.04. The summed E-state index contributed by atoms with van der Waals surface area (Å²) >= 11 is -2.35. The van der Waals surface area contributed by atoms with Gasteiger partial charge < -0.3 is 0 Å². The fourth-order valence-electron chi connectivity index (χ4n) is 4.17. The van der Waals surface area contributed by atoms with Crippen molar-refractivity contribution in [1.29, 1.82) is 0 Å². The van der Waals surface area contributed by atoms with Gasteiger partial charge in [0.25, 0.3) is 0 Å². The maximum absolute atomic E-state index is 13.1. The van der Waals surface area contributed by atoms with E-state index in [1.807, 2.05) is 0 Å². The van der Waals surface area contributed by atoms with Gasteiger partial charge in [0.1, 0.15) is 0 Å². The van der Waals surface area contributed by atoms with Gasteiger partial charge in [-0.25, -0.2) is 0 Å². The molecule has 0 saturated carbocycles. The fourth-order valence-corrected chi connectivity index (χ4v) is 19.5. The number of hydrogen-bond donors (Lipinski definition) is 0. The molecule has 146 valence electrons. The number of rotatable bonds is 12. The molecule has 3 heteroatoms. The molecule has 1 aliphatic heterocycles. The van der Waals surface area contributed by atoms with E-state index in [1.54, 1.807) is 0 Å².